The number of nitrogens with one attached hydrogen (secondary N) is 1. The molecule has 7 nitrogen and oxygen atoms in total. The highest BCUT2D eigenvalue weighted by atomic mass is 32.2. The topological polar surface area (TPSA) is 77.1 Å². The second-order valence-corrected chi connectivity index (χ2v) is 8.60. The molecule has 0 bridgehead atoms. The molecule has 3 aromatic rings. The minimum atomic E-state index is -3.76. The number of hydrogen-bond acceptors (Lipinski definition) is 6. The van der Waals surface area contributed by atoms with Crippen molar-refractivity contribution in [2.24, 2.45) is 0 Å². The van der Waals surface area contributed by atoms with Gasteiger partial charge in [-0.25, -0.2) is 0 Å². The summed E-state index contributed by atoms with van der Waals surface area (Å²) in [6.45, 7) is 0.727. The van der Waals surface area contributed by atoms with Crippen molar-refractivity contribution in [2.75, 3.05) is 30.5 Å². The van der Waals surface area contributed by atoms with Crippen molar-refractivity contribution in [3.05, 3.63) is 71.8 Å². The third-order valence-electron chi connectivity index (χ3n) is 5.27. The van der Waals surface area contributed by atoms with Gasteiger partial charge in [0.25, 0.3) is 11.8 Å². The van der Waals surface area contributed by atoms with E-state index in [1.165, 1.54) is 30.0 Å². The Labute approximate surface area is 197 Å². The van der Waals surface area contributed by atoms with E-state index in [9.17, 15) is 18.4 Å². The van der Waals surface area contributed by atoms with Crippen LogP contribution in [0.4, 0.5) is 20.2 Å². The molecular formula is C24H18F2N2O5S. The quantitative estimate of drug-likeness (QED) is 0.548. The first-order chi connectivity index (χ1) is 16.3. The van der Waals surface area contributed by atoms with Crippen LogP contribution in [0.2, 0.25) is 0 Å². The maximum absolute atomic E-state index is 13.3. The van der Waals surface area contributed by atoms with Gasteiger partial charge in [0, 0.05) is 34.7 Å². The maximum Gasteiger partial charge on any atom is 0.586 e. The predicted octanol–water partition coefficient (Wildman–Crippen LogP) is 5.02. The second kappa shape index (κ2) is 8.62. The molecular weight excluding hydrogens is 466 g/mol. The number of methoxy groups -OCH3 is 1. The van der Waals surface area contributed by atoms with Gasteiger partial charge < -0.3 is 24.4 Å². The third kappa shape index (κ3) is 4.17. The Morgan fingerprint density at radius 3 is 2.68 bits per heavy atom. The SMILES string of the molecule is COCCN1C(=O)c2ccccc2Sc2cc(NC(=O)c3ccc4c(c3)OC(F)(F)O4)ccc21. The summed E-state index contributed by atoms with van der Waals surface area (Å²) in [7, 11) is 1.57. The molecule has 0 aromatic heterocycles. The second-order valence-electron chi connectivity index (χ2n) is 7.51. The molecule has 0 unspecified atom stereocenters. The van der Waals surface area contributed by atoms with Gasteiger partial charge in [0.05, 0.1) is 17.9 Å². The van der Waals surface area contributed by atoms with Gasteiger partial charge in [0.2, 0.25) is 0 Å². The molecule has 2 amide bonds. The zero-order valence-corrected chi connectivity index (χ0v) is 18.7. The Balaban J connectivity index is 1.43. The molecule has 10 heteroatoms. The molecule has 0 saturated heterocycles. The summed E-state index contributed by atoms with van der Waals surface area (Å²) < 4.78 is 40.5. The van der Waals surface area contributed by atoms with Gasteiger partial charge in [0.1, 0.15) is 0 Å². The number of nitrogens with zero attached hydrogens (tertiary/aromatic N) is 1. The van der Waals surface area contributed by atoms with Crippen molar-refractivity contribution >= 4 is 35.0 Å². The first kappa shape index (κ1) is 22.2. The van der Waals surface area contributed by atoms with Crippen molar-refractivity contribution in [3.8, 4) is 11.5 Å². The number of carbonyl (C=O) groups is 2. The van der Waals surface area contributed by atoms with E-state index in [0.29, 0.717) is 30.1 Å². The van der Waals surface area contributed by atoms with Crippen molar-refractivity contribution in [1.82, 2.24) is 0 Å². The molecule has 0 aliphatic carbocycles. The Morgan fingerprint density at radius 1 is 1.06 bits per heavy atom. The highest BCUT2D eigenvalue weighted by molar-refractivity contribution is 7.99. The van der Waals surface area contributed by atoms with Crippen LogP contribution in [0.25, 0.3) is 0 Å². The number of fused-ring (bicyclic) bond motifs is 3. The summed E-state index contributed by atoms with van der Waals surface area (Å²) in [6.07, 6.45) is -3.76. The Morgan fingerprint density at radius 2 is 1.85 bits per heavy atom. The van der Waals surface area contributed by atoms with Crippen molar-refractivity contribution in [2.45, 2.75) is 16.1 Å². The van der Waals surface area contributed by atoms with Gasteiger partial charge in [-0.1, -0.05) is 23.9 Å². The largest absolute Gasteiger partial charge is 0.586 e. The van der Waals surface area contributed by atoms with Crippen LogP contribution in [-0.4, -0.2) is 38.4 Å². The lowest BCUT2D eigenvalue weighted by Gasteiger charge is -2.23. The van der Waals surface area contributed by atoms with Gasteiger partial charge >= 0.3 is 6.29 Å². The summed E-state index contributed by atoms with van der Waals surface area (Å²) in [6, 6.07) is 16.4. The van der Waals surface area contributed by atoms with Crippen LogP contribution in [0, 0.1) is 0 Å². The van der Waals surface area contributed by atoms with E-state index in [-0.39, 0.29) is 23.0 Å². The van der Waals surface area contributed by atoms with Crippen LogP contribution in [0.1, 0.15) is 20.7 Å². The minimum Gasteiger partial charge on any atom is -0.395 e. The summed E-state index contributed by atoms with van der Waals surface area (Å²) in [4.78, 5) is 29.2. The smallest absolute Gasteiger partial charge is 0.395 e. The number of anilines is 2. The molecule has 174 valence electrons. The van der Waals surface area contributed by atoms with Crippen LogP contribution in [0.15, 0.2) is 70.5 Å². The van der Waals surface area contributed by atoms with Crippen molar-refractivity contribution in [3.63, 3.8) is 0 Å². The summed E-state index contributed by atoms with van der Waals surface area (Å²) in [5.41, 5.74) is 1.90. The van der Waals surface area contributed by atoms with E-state index in [1.54, 1.807) is 36.3 Å². The zero-order valence-electron chi connectivity index (χ0n) is 17.8. The number of ether oxygens (including phenoxy) is 3. The van der Waals surface area contributed by atoms with Crippen LogP contribution >= 0.6 is 11.8 Å². The molecule has 0 fully saturated rings. The lowest BCUT2D eigenvalue weighted by Crippen LogP contribution is -2.33. The summed E-state index contributed by atoms with van der Waals surface area (Å²) in [5, 5.41) is 2.77. The fourth-order valence-electron chi connectivity index (χ4n) is 3.70. The average molecular weight is 484 g/mol. The Bertz CT molecular complexity index is 1300. The number of amides is 2. The first-order valence-corrected chi connectivity index (χ1v) is 11.1. The molecule has 0 radical (unpaired) electrons. The number of benzene rings is 3. The van der Waals surface area contributed by atoms with E-state index < -0.39 is 12.2 Å². The number of rotatable bonds is 5. The van der Waals surface area contributed by atoms with Gasteiger partial charge in [-0.05, 0) is 48.5 Å². The van der Waals surface area contributed by atoms with E-state index in [1.807, 2.05) is 18.2 Å². The van der Waals surface area contributed by atoms with Gasteiger partial charge in [-0.3, -0.25) is 9.59 Å². The van der Waals surface area contributed by atoms with E-state index in [4.69, 9.17) is 4.74 Å². The predicted molar refractivity (Wildman–Crippen MR) is 121 cm³/mol. The Kier molecular flexibility index (Phi) is 5.62. The summed E-state index contributed by atoms with van der Waals surface area (Å²) >= 11 is 1.42. The molecule has 0 atom stereocenters. The fraction of sp³-hybridized carbons (Fsp3) is 0.167. The lowest BCUT2D eigenvalue weighted by atomic mass is 10.1. The van der Waals surface area contributed by atoms with Gasteiger partial charge in [-0.2, -0.15) is 0 Å². The number of carbonyl (C=O) groups excluding carboxylic acids is 2. The normalized spacial score (nSPS) is 15.4. The highest BCUT2D eigenvalue weighted by Gasteiger charge is 2.43. The van der Waals surface area contributed by atoms with Crippen LogP contribution in [-0.2, 0) is 4.74 Å². The fourth-order valence-corrected chi connectivity index (χ4v) is 4.82. The molecule has 3 aromatic carbocycles. The van der Waals surface area contributed by atoms with E-state index >= 15 is 0 Å². The molecule has 5 rings (SSSR count). The Hall–Kier alpha value is -3.63. The standard InChI is InChI=1S/C24H18F2N2O5S/c1-31-11-10-28-17-8-7-15(13-21(17)34-20-5-3-2-4-16(20)23(28)30)27-22(29)14-6-9-18-19(12-14)33-24(25,26)32-18/h2-9,12-13H,10-11H2,1H3,(H,27,29). The molecule has 34 heavy (non-hydrogen) atoms. The minimum absolute atomic E-state index is 0.130. The van der Waals surface area contributed by atoms with E-state index in [2.05, 4.69) is 14.8 Å². The molecule has 2 heterocycles. The third-order valence-corrected chi connectivity index (χ3v) is 6.40. The van der Waals surface area contributed by atoms with Crippen molar-refractivity contribution < 1.29 is 32.6 Å². The summed E-state index contributed by atoms with van der Waals surface area (Å²) in [5.74, 6) is -0.984. The maximum atomic E-state index is 13.3. The number of alkyl halides is 2. The number of hydrogen-bond donors (Lipinski definition) is 1. The molecule has 0 saturated carbocycles. The van der Waals surface area contributed by atoms with Crippen LogP contribution in [0.3, 0.4) is 0 Å². The molecule has 0 spiro atoms. The van der Waals surface area contributed by atoms with Crippen LogP contribution in [0.5, 0.6) is 11.5 Å². The van der Waals surface area contributed by atoms with E-state index in [0.717, 1.165) is 9.79 Å². The molecule has 2 aliphatic heterocycles. The molecule has 2 aliphatic rings. The van der Waals surface area contributed by atoms with Gasteiger partial charge in [0.15, 0.2) is 11.5 Å². The first-order valence-electron chi connectivity index (χ1n) is 10.3. The monoisotopic (exact) mass is 484 g/mol. The zero-order chi connectivity index (χ0) is 23.9. The molecule has 1 N–H and O–H groups in total. The van der Waals surface area contributed by atoms with Crippen molar-refractivity contribution in [1.29, 1.82) is 0 Å². The average Bonchev–Trinajstić information content (AvgIpc) is 3.07. The van der Waals surface area contributed by atoms with Crippen LogP contribution < -0.4 is 19.7 Å². The highest BCUT2D eigenvalue weighted by Crippen LogP contribution is 2.43. The lowest BCUT2D eigenvalue weighted by molar-refractivity contribution is -0.286. The number of halogens is 2. The van der Waals surface area contributed by atoms with Gasteiger partial charge in [-0.15, -0.1) is 8.78 Å².